The van der Waals surface area contributed by atoms with Crippen LogP contribution in [0.5, 0.6) is 0 Å². The molecule has 1 aliphatic heterocycles. The fourth-order valence-electron chi connectivity index (χ4n) is 7.44. The number of benzene rings is 2. The lowest BCUT2D eigenvalue weighted by Crippen LogP contribution is -2.69. The SMILES string of the molecule is Cl.O=C(NC12C[C@@H]3C[C@@H](CC(NCC(=O)N4Cc5ccc(F)cc5C4)(C3)C1)C2)c1ccc(F)cc1. The third-order valence-corrected chi connectivity index (χ3v) is 8.40. The molecule has 7 rings (SSSR count). The summed E-state index contributed by atoms with van der Waals surface area (Å²) in [5, 5.41) is 6.93. The van der Waals surface area contributed by atoms with Crippen LogP contribution in [-0.2, 0) is 17.9 Å². The Morgan fingerprint density at radius 2 is 1.51 bits per heavy atom. The number of nitrogens with one attached hydrogen (secondary N) is 2. The fraction of sp³-hybridized carbons (Fsp3) is 0.481. The molecule has 0 radical (unpaired) electrons. The van der Waals surface area contributed by atoms with Gasteiger partial charge in [-0.25, -0.2) is 8.78 Å². The van der Waals surface area contributed by atoms with Crippen molar-refractivity contribution in [1.82, 2.24) is 15.5 Å². The highest BCUT2D eigenvalue weighted by Gasteiger charge is 2.58. The molecule has 4 bridgehead atoms. The topological polar surface area (TPSA) is 61.4 Å². The van der Waals surface area contributed by atoms with Crippen molar-refractivity contribution in [2.24, 2.45) is 11.8 Å². The second-order valence-corrected chi connectivity index (χ2v) is 11.0. The lowest BCUT2D eigenvalue weighted by Gasteiger charge is -2.62. The van der Waals surface area contributed by atoms with Crippen LogP contribution in [0, 0.1) is 23.5 Å². The molecule has 5 nitrogen and oxygen atoms in total. The molecule has 2 unspecified atom stereocenters. The highest BCUT2D eigenvalue weighted by molar-refractivity contribution is 5.94. The Morgan fingerprint density at radius 1 is 0.886 bits per heavy atom. The van der Waals surface area contributed by atoms with Gasteiger partial charge >= 0.3 is 0 Å². The Kier molecular flexibility index (Phi) is 6.12. The highest BCUT2D eigenvalue weighted by Crippen LogP contribution is 2.57. The molecule has 186 valence electrons. The minimum absolute atomic E-state index is 0. The molecule has 2 amide bonds. The highest BCUT2D eigenvalue weighted by atomic mass is 35.5. The molecule has 4 aliphatic carbocycles. The van der Waals surface area contributed by atoms with Crippen LogP contribution in [0.4, 0.5) is 8.78 Å². The summed E-state index contributed by atoms with van der Waals surface area (Å²) >= 11 is 0. The smallest absolute Gasteiger partial charge is 0.251 e. The van der Waals surface area contributed by atoms with Gasteiger partial charge in [-0.15, -0.1) is 12.4 Å². The molecule has 4 saturated carbocycles. The van der Waals surface area contributed by atoms with Crippen LogP contribution in [0.2, 0.25) is 0 Å². The Labute approximate surface area is 210 Å². The molecule has 4 fully saturated rings. The predicted molar refractivity (Wildman–Crippen MR) is 130 cm³/mol. The van der Waals surface area contributed by atoms with E-state index in [-0.39, 0.29) is 53.5 Å². The third kappa shape index (κ3) is 4.56. The summed E-state index contributed by atoms with van der Waals surface area (Å²) in [6, 6.07) is 10.4. The second kappa shape index (κ2) is 8.86. The van der Waals surface area contributed by atoms with Crippen molar-refractivity contribution >= 4 is 24.2 Å². The summed E-state index contributed by atoms with van der Waals surface area (Å²) in [5.41, 5.74) is 1.92. The van der Waals surface area contributed by atoms with Gasteiger partial charge in [0.25, 0.3) is 5.91 Å². The number of carbonyl (C=O) groups excluding carboxylic acids is 2. The summed E-state index contributed by atoms with van der Waals surface area (Å²) < 4.78 is 26.8. The van der Waals surface area contributed by atoms with E-state index in [0.717, 1.165) is 43.2 Å². The van der Waals surface area contributed by atoms with E-state index in [2.05, 4.69) is 10.6 Å². The van der Waals surface area contributed by atoms with Gasteiger partial charge in [-0.1, -0.05) is 6.07 Å². The number of hydrogen-bond acceptors (Lipinski definition) is 3. The largest absolute Gasteiger partial charge is 0.347 e. The number of fused-ring (bicyclic) bond motifs is 1. The number of rotatable bonds is 5. The van der Waals surface area contributed by atoms with E-state index < -0.39 is 0 Å². The molecule has 5 aliphatic rings. The van der Waals surface area contributed by atoms with E-state index in [0.29, 0.717) is 30.5 Å². The Balaban J connectivity index is 0.00000253. The van der Waals surface area contributed by atoms with Crippen LogP contribution in [0.1, 0.15) is 60.0 Å². The van der Waals surface area contributed by atoms with Crippen molar-refractivity contribution in [3.63, 3.8) is 0 Å². The zero-order valence-electron chi connectivity index (χ0n) is 19.5. The van der Waals surface area contributed by atoms with E-state index in [1.165, 1.54) is 42.8 Å². The average Bonchev–Trinajstić information content (AvgIpc) is 3.20. The maximum absolute atomic E-state index is 13.6. The molecule has 0 aromatic heterocycles. The Bertz CT molecular complexity index is 1140. The monoisotopic (exact) mass is 501 g/mol. The van der Waals surface area contributed by atoms with Gasteiger partial charge in [-0.2, -0.15) is 0 Å². The molecule has 8 heteroatoms. The molecule has 2 aromatic rings. The Morgan fingerprint density at radius 3 is 2.23 bits per heavy atom. The maximum Gasteiger partial charge on any atom is 0.251 e. The normalized spacial score (nSPS) is 30.1. The van der Waals surface area contributed by atoms with E-state index in [1.807, 2.05) is 0 Å². The molecule has 4 atom stereocenters. The summed E-state index contributed by atoms with van der Waals surface area (Å²) in [6.45, 7) is 1.22. The van der Waals surface area contributed by atoms with E-state index >= 15 is 0 Å². The van der Waals surface area contributed by atoms with E-state index in [4.69, 9.17) is 0 Å². The van der Waals surface area contributed by atoms with Crippen LogP contribution in [0.15, 0.2) is 42.5 Å². The summed E-state index contributed by atoms with van der Waals surface area (Å²) in [7, 11) is 0. The number of amides is 2. The fourth-order valence-corrected chi connectivity index (χ4v) is 7.44. The van der Waals surface area contributed by atoms with Crippen molar-refractivity contribution in [1.29, 1.82) is 0 Å². The molecule has 2 N–H and O–H groups in total. The number of carbonyl (C=O) groups is 2. The molecule has 2 aromatic carbocycles. The van der Waals surface area contributed by atoms with Crippen molar-refractivity contribution in [3.8, 4) is 0 Å². The van der Waals surface area contributed by atoms with Crippen molar-refractivity contribution < 1.29 is 18.4 Å². The lowest BCUT2D eigenvalue weighted by molar-refractivity contribution is -0.132. The van der Waals surface area contributed by atoms with Crippen LogP contribution in [0.25, 0.3) is 0 Å². The number of halogens is 3. The summed E-state index contributed by atoms with van der Waals surface area (Å²) in [6.07, 6.45) is 5.95. The second-order valence-electron chi connectivity index (χ2n) is 11.0. The minimum atomic E-state index is -0.356. The lowest BCUT2D eigenvalue weighted by atomic mass is 9.50. The van der Waals surface area contributed by atoms with Crippen LogP contribution >= 0.6 is 12.4 Å². The van der Waals surface area contributed by atoms with Gasteiger partial charge in [0.05, 0.1) is 6.54 Å². The van der Waals surface area contributed by atoms with Gasteiger partial charge < -0.3 is 15.5 Å². The van der Waals surface area contributed by atoms with Gasteiger partial charge in [-0.3, -0.25) is 9.59 Å². The molecule has 0 spiro atoms. The summed E-state index contributed by atoms with van der Waals surface area (Å²) in [4.78, 5) is 27.8. The number of nitrogens with zero attached hydrogens (tertiary/aromatic N) is 1. The zero-order valence-corrected chi connectivity index (χ0v) is 20.3. The molecule has 0 saturated heterocycles. The average molecular weight is 502 g/mol. The van der Waals surface area contributed by atoms with Crippen molar-refractivity contribution in [3.05, 3.63) is 70.8 Å². The maximum atomic E-state index is 13.6. The molecule has 1 heterocycles. The minimum Gasteiger partial charge on any atom is -0.347 e. The third-order valence-electron chi connectivity index (χ3n) is 8.40. The first-order valence-electron chi connectivity index (χ1n) is 12.2. The van der Waals surface area contributed by atoms with E-state index in [1.54, 1.807) is 11.0 Å². The number of hydrogen-bond donors (Lipinski definition) is 2. The van der Waals surface area contributed by atoms with Crippen LogP contribution < -0.4 is 10.6 Å². The van der Waals surface area contributed by atoms with Gasteiger partial charge in [0.15, 0.2) is 0 Å². The molecule has 35 heavy (non-hydrogen) atoms. The first-order chi connectivity index (χ1) is 16.3. The first-order valence-corrected chi connectivity index (χ1v) is 12.2. The summed E-state index contributed by atoms with van der Waals surface area (Å²) in [5.74, 6) is 0.290. The quantitative estimate of drug-likeness (QED) is 0.640. The van der Waals surface area contributed by atoms with Gasteiger partial charge in [-0.05, 0) is 97.9 Å². The van der Waals surface area contributed by atoms with Gasteiger partial charge in [0.1, 0.15) is 11.6 Å². The van der Waals surface area contributed by atoms with Crippen LogP contribution in [-0.4, -0.2) is 34.3 Å². The van der Waals surface area contributed by atoms with Crippen molar-refractivity contribution in [2.45, 2.75) is 62.7 Å². The first kappa shape index (κ1) is 24.2. The zero-order chi connectivity index (χ0) is 23.5. The Hall–Kier alpha value is -2.51. The molecular formula is C27H30ClF2N3O2. The van der Waals surface area contributed by atoms with Gasteiger partial charge in [0.2, 0.25) is 5.91 Å². The van der Waals surface area contributed by atoms with Gasteiger partial charge in [0, 0.05) is 29.7 Å². The van der Waals surface area contributed by atoms with Crippen molar-refractivity contribution in [2.75, 3.05) is 6.54 Å². The predicted octanol–water partition coefficient (Wildman–Crippen LogP) is 4.34. The molecular weight excluding hydrogens is 472 g/mol. The van der Waals surface area contributed by atoms with Crippen LogP contribution in [0.3, 0.4) is 0 Å². The standard InChI is InChI=1S/C27H29F2N3O2.ClH/c28-22-4-1-19(2-5-22)25(34)31-27-11-17-7-18(12-27)10-26(9-17,16-27)30-13-24(33)32-14-20-3-6-23(29)8-21(20)15-32;/h1-6,8,17-18,30H,7,9-16H2,(H,31,34);1H/t17-,18+,26?,27?;. The van der Waals surface area contributed by atoms with E-state index in [9.17, 15) is 18.4 Å².